The summed E-state index contributed by atoms with van der Waals surface area (Å²) in [5, 5.41) is 10.3. The van der Waals surface area contributed by atoms with Crippen LogP contribution in [0.2, 0.25) is 0 Å². The fraction of sp³-hybridized carbons (Fsp3) is 0.200. The highest BCUT2D eigenvalue weighted by atomic mass is 16.5. The minimum Gasteiger partial charge on any atom is -0.389 e. The van der Waals surface area contributed by atoms with Gasteiger partial charge in [0.2, 0.25) is 0 Å². The zero-order valence-electron chi connectivity index (χ0n) is 18.5. The van der Waals surface area contributed by atoms with Gasteiger partial charge in [-0.2, -0.15) is 0 Å². The van der Waals surface area contributed by atoms with Crippen molar-refractivity contribution in [2.75, 3.05) is 7.11 Å². The largest absolute Gasteiger partial charge is 0.389 e. The van der Waals surface area contributed by atoms with Crippen LogP contribution in [0.15, 0.2) is 115 Å². The molecule has 8 bridgehead atoms. The number of hydrogen-bond acceptors (Lipinski definition) is 6. The number of methoxy groups -OCH3 is 1. The van der Waals surface area contributed by atoms with E-state index in [2.05, 4.69) is 15.0 Å². The minimum atomic E-state index is -0.841. The summed E-state index contributed by atoms with van der Waals surface area (Å²) >= 11 is 0. The van der Waals surface area contributed by atoms with Gasteiger partial charge in [0, 0.05) is 18.3 Å². The maximum Gasteiger partial charge on any atom is 0.0814 e. The third-order valence-corrected chi connectivity index (χ3v) is 5.35. The lowest BCUT2D eigenvalue weighted by Crippen LogP contribution is -2.14. The molecular weight excluding hydrogens is 388 g/mol. The maximum atomic E-state index is 10.3. The molecule has 0 amide bonds. The Kier molecular flexibility index (Phi) is 4.52. The van der Waals surface area contributed by atoms with E-state index in [1.54, 1.807) is 26.2 Å². The average Bonchev–Trinajstić information content (AvgIpc) is 3.51. The number of nitrogens with zero attached hydrogens (tertiary/aromatic N) is 4. The van der Waals surface area contributed by atoms with Crippen LogP contribution in [-0.2, 0) is 4.74 Å². The summed E-state index contributed by atoms with van der Waals surface area (Å²) in [6, 6.07) is 0.190. The highest BCUT2D eigenvalue weighted by molar-refractivity contribution is 6.17. The van der Waals surface area contributed by atoms with Crippen LogP contribution >= 0.6 is 0 Å². The smallest absolute Gasteiger partial charge is 0.0814 e. The van der Waals surface area contributed by atoms with Gasteiger partial charge in [0.25, 0.3) is 0 Å². The predicted octanol–water partition coefficient (Wildman–Crippen LogP) is 3.73. The molecule has 0 radical (unpaired) electrons. The van der Waals surface area contributed by atoms with Crippen LogP contribution in [-0.4, -0.2) is 47.3 Å². The first kappa shape index (κ1) is 18.3. The summed E-state index contributed by atoms with van der Waals surface area (Å²) in [7, 11) is 1.66. The molecule has 5 aliphatic rings. The molecule has 2 unspecified atom stereocenters. The SMILES string of the molecule is [2H]C1=C(C(C)O)C2=NC1=CC1=NC(=CC3=NC(=CC4=NC(=C2)C=C4C(C)OC)C=C3)C=C1. The summed E-state index contributed by atoms with van der Waals surface area (Å²) < 4.78 is 14.1. The normalized spacial score (nSPS) is 23.9. The second-order valence-corrected chi connectivity index (χ2v) is 7.66. The predicted molar refractivity (Wildman–Crippen MR) is 125 cm³/mol. The lowest BCUT2D eigenvalue weighted by Gasteiger charge is -2.11. The van der Waals surface area contributed by atoms with Crippen molar-refractivity contribution in [2.45, 2.75) is 26.1 Å². The van der Waals surface area contributed by atoms with Crippen LogP contribution in [0.3, 0.4) is 0 Å². The quantitative estimate of drug-likeness (QED) is 0.768. The summed E-state index contributed by atoms with van der Waals surface area (Å²) in [5.41, 5.74) is 6.90. The summed E-state index contributed by atoms with van der Waals surface area (Å²) in [5.74, 6) is 0. The number of aliphatic hydroxyl groups excluding tert-OH is 1. The van der Waals surface area contributed by atoms with Crippen LogP contribution in [0.25, 0.3) is 0 Å². The Labute approximate surface area is 182 Å². The molecule has 2 atom stereocenters. The van der Waals surface area contributed by atoms with E-state index in [0.29, 0.717) is 28.4 Å². The van der Waals surface area contributed by atoms with Crippen LogP contribution < -0.4 is 0 Å². The molecule has 6 heteroatoms. The van der Waals surface area contributed by atoms with Crippen molar-refractivity contribution in [2.24, 2.45) is 20.0 Å². The second kappa shape index (κ2) is 7.65. The van der Waals surface area contributed by atoms with Crippen molar-refractivity contribution in [3.05, 3.63) is 94.7 Å². The third-order valence-electron chi connectivity index (χ3n) is 5.35. The van der Waals surface area contributed by atoms with Crippen molar-refractivity contribution in [3.8, 4) is 0 Å². The Morgan fingerprint density at radius 1 is 0.742 bits per heavy atom. The van der Waals surface area contributed by atoms with Crippen LogP contribution in [0, 0.1) is 0 Å². The van der Waals surface area contributed by atoms with Crippen LogP contribution in [0.1, 0.15) is 15.2 Å². The Balaban J connectivity index is 1.71. The topological polar surface area (TPSA) is 78.9 Å². The van der Waals surface area contributed by atoms with Gasteiger partial charge in [-0.25, -0.2) is 20.0 Å². The van der Waals surface area contributed by atoms with Gasteiger partial charge < -0.3 is 9.84 Å². The average molecular weight is 411 g/mol. The van der Waals surface area contributed by atoms with E-state index in [1.165, 1.54) is 0 Å². The van der Waals surface area contributed by atoms with Gasteiger partial charge in [0.15, 0.2) is 0 Å². The third kappa shape index (κ3) is 3.83. The monoisotopic (exact) mass is 411 g/mol. The lowest BCUT2D eigenvalue weighted by molar-refractivity contribution is 0.152. The molecule has 31 heavy (non-hydrogen) atoms. The first-order valence-electron chi connectivity index (χ1n) is 10.6. The van der Waals surface area contributed by atoms with E-state index in [4.69, 9.17) is 11.1 Å². The van der Waals surface area contributed by atoms with Gasteiger partial charge in [-0.3, -0.25) is 0 Å². The van der Waals surface area contributed by atoms with Gasteiger partial charge >= 0.3 is 0 Å². The first-order valence-corrected chi connectivity index (χ1v) is 10.1. The maximum absolute atomic E-state index is 10.3. The molecule has 5 rings (SSSR count). The molecule has 0 fully saturated rings. The summed E-state index contributed by atoms with van der Waals surface area (Å²) in [4.78, 5) is 18.7. The first-order chi connectivity index (χ1) is 15.4. The molecule has 0 aromatic rings. The summed E-state index contributed by atoms with van der Waals surface area (Å²) in [6.07, 6.45) is 16.0. The molecular formula is C25H22N4O2. The zero-order valence-corrected chi connectivity index (χ0v) is 17.5. The van der Waals surface area contributed by atoms with Gasteiger partial charge in [-0.1, -0.05) is 0 Å². The van der Waals surface area contributed by atoms with Gasteiger partial charge in [0.1, 0.15) is 0 Å². The van der Waals surface area contributed by atoms with Crippen molar-refractivity contribution in [1.82, 2.24) is 0 Å². The minimum absolute atomic E-state index is 0.162. The van der Waals surface area contributed by atoms with Gasteiger partial charge in [-0.05, 0) is 74.6 Å². The number of aliphatic hydroxyl groups is 1. The highest BCUT2D eigenvalue weighted by Gasteiger charge is 2.23. The van der Waals surface area contributed by atoms with Crippen molar-refractivity contribution < 1.29 is 11.2 Å². The number of ether oxygens (including phenoxy) is 1. The molecule has 0 spiro atoms. The van der Waals surface area contributed by atoms with Gasteiger partial charge in [-0.15, -0.1) is 0 Å². The second-order valence-electron chi connectivity index (χ2n) is 7.66. The van der Waals surface area contributed by atoms with Gasteiger partial charge in [0.05, 0.1) is 59.2 Å². The molecule has 5 aliphatic heterocycles. The molecule has 0 aromatic heterocycles. The van der Waals surface area contributed by atoms with E-state index in [-0.39, 0.29) is 12.2 Å². The Morgan fingerprint density at radius 3 is 2.00 bits per heavy atom. The Morgan fingerprint density at radius 2 is 1.32 bits per heavy atom. The number of rotatable bonds is 3. The highest BCUT2D eigenvalue weighted by Crippen LogP contribution is 2.27. The number of hydrogen-bond donors (Lipinski definition) is 1. The molecule has 1 N–H and O–H groups in total. The van der Waals surface area contributed by atoms with E-state index >= 15 is 0 Å². The molecule has 0 aliphatic carbocycles. The van der Waals surface area contributed by atoms with E-state index in [0.717, 1.165) is 28.4 Å². The Hall–Kier alpha value is -3.48. The molecule has 0 aromatic carbocycles. The standard InChI is InChI=1S/C25H22N4O2/c1-14(30)22-10-20-9-18-5-4-16(26-18)8-17-6-7-19(27-17)12-25-23(15(2)31-3)11-21(29-25)13-24(22)28-20/h4-15,30H,1-3H3/i10D. The number of fused-ring (bicyclic) bond motifs is 4. The van der Waals surface area contributed by atoms with E-state index < -0.39 is 6.10 Å². The fourth-order valence-corrected chi connectivity index (χ4v) is 3.71. The molecule has 0 saturated carbocycles. The van der Waals surface area contributed by atoms with Crippen molar-refractivity contribution >= 4 is 22.8 Å². The van der Waals surface area contributed by atoms with Crippen molar-refractivity contribution in [3.63, 3.8) is 0 Å². The van der Waals surface area contributed by atoms with Crippen molar-refractivity contribution in [1.29, 1.82) is 0 Å². The number of allylic oxidation sites excluding steroid dienone is 10. The molecule has 154 valence electrons. The van der Waals surface area contributed by atoms with Crippen LogP contribution in [0.5, 0.6) is 0 Å². The Bertz CT molecular complexity index is 1290. The summed E-state index contributed by atoms with van der Waals surface area (Å²) in [6.45, 7) is 3.61. The molecule has 0 saturated heterocycles. The number of aliphatic imine (C=N–C) groups is 4. The van der Waals surface area contributed by atoms with E-state index in [9.17, 15) is 5.11 Å². The lowest BCUT2D eigenvalue weighted by atomic mass is 10.0. The van der Waals surface area contributed by atoms with E-state index in [1.807, 2.05) is 49.5 Å². The molecule has 5 heterocycles. The zero-order chi connectivity index (χ0) is 22.4. The molecule has 6 nitrogen and oxygen atoms in total. The van der Waals surface area contributed by atoms with Crippen LogP contribution in [0.4, 0.5) is 0 Å². The fourth-order valence-electron chi connectivity index (χ4n) is 3.71.